The van der Waals surface area contributed by atoms with Gasteiger partial charge >= 0.3 is 0 Å². The molecular weight excluding hydrogens is 254 g/mol. The zero-order valence-electron chi connectivity index (χ0n) is 11.6. The van der Waals surface area contributed by atoms with E-state index in [-0.39, 0.29) is 0 Å². The summed E-state index contributed by atoms with van der Waals surface area (Å²) in [5.74, 6) is 0.882. The molecular formula is C15H21N3S. The van der Waals surface area contributed by atoms with Gasteiger partial charge in [-0.15, -0.1) is 0 Å². The number of hydrogen-bond donors (Lipinski definition) is 1. The van der Waals surface area contributed by atoms with Gasteiger partial charge in [0.05, 0.1) is 10.2 Å². The fraction of sp³-hybridized carbons (Fsp3) is 0.533. The second kappa shape index (κ2) is 5.10. The molecule has 102 valence electrons. The Morgan fingerprint density at radius 2 is 2.11 bits per heavy atom. The number of thiazole rings is 1. The van der Waals surface area contributed by atoms with E-state index in [9.17, 15) is 0 Å². The molecule has 1 saturated heterocycles. The van der Waals surface area contributed by atoms with Crippen LogP contribution < -0.4 is 5.73 Å². The molecule has 4 heteroatoms. The van der Waals surface area contributed by atoms with Crippen molar-refractivity contribution >= 4 is 26.7 Å². The third-order valence-electron chi connectivity index (χ3n) is 4.28. The molecule has 0 amide bonds. The Morgan fingerprint density at radius 1 is 1.37 bits per heavy atom. The maximum atomic E-state index is 5.77. The Morgan fingerprint density at radius 3 is 2.84 bits per heavy atom. The molecule has 1 atom stereocenters. The highest BCUT2D eigenvalue weighted by molar-refractivity contribution is 7.22. The maximum Gasteiger partial charge on any atom is 0.181 e. The Kier molecular flexibility index (Phi) is 3.46. The predicted octanol–water partition coefficient (Wildman–Crippen LogP) is 3.67. The van der Waals surface area contributed by atoms with Gasteiger partial charge in [0.1, 0.15) is 0 Å². The Hall–Kier alpha value is -1.13. The number of fused-ring (bicyclic) bond motifs is 1. The normalized spacial score (nSPS) is 19.9. The number of likely N-dealkylation sites (tertiary alicyclic amines) is 1. The maximum absolute atomic E-state index is 5.77. The lowest BCUT2D eigenvalue weighted by atomic mass is 9.96. The highest BCUT2D eigenvalue weighted by Crippen LogP contribution is 2.30. The summed E-state index contributed by atoms with van der Waals surface area (Å²) >= 11 is 1.58. The van der Waals surface area contributed by atoms with Crippen molar-refractivity contribution in [1.82, 2.24) is 9.88 Å². The molecule has 2 aromatic rings. The van der Waals surface area contributed by atoms with Crippen molar-refractivity contribution in [1.29, 1.82) is 0 Å². The molecule has 1 fully saturated rings. The Labute approximate surface area is 118 Å². The second-order valence-corrected chi connectivity index (χ2v) is 6.74. The molecule has 2 heterocycles. The van der Waals surface area contributed by atoms with Gasteiger partial charge in [0.2, 0.25) is 0 Å². The van der Waals surface area contributed by atoms with Gasteiger partial charge in [0.25, 0.3) is 0 Å². The summed E-state index contributed by atoms with van der Waals surface area (Å²) in [4.78, 5) is 6.91. The van der Waals surface area contributed by atoms with Gasteiger partial charge in [-0.1, -0.05) is 24.3 Å². The first-order valence-electron chi connectivity index (χ1n) is 7.03. The van der Waals surface area contributed by atoms with E-state index in [2.05, 4.69) is 41.9 Å². The van der Waals surface area contributed by atoms with Crippen molar-refractivity contribution in [2.24, 2.45) is 5.92 Å². The average molecular weight is 275 g/mol. The van der Waals surface area contributed by atoms with Crippen LogP contribution in [0.25, 0.3) is 10.2 Å². The summed E-state index contributed by atoms with van der Waals surface area (Å²) in [6.07, 6.45) is 2.64. The highest BCUT2D eigenvalue weighted by atomic mass is 32.1. The minimum atomic E-state index is 0.486. The molecule has 1 aliphatic rings. The minimum absolute atomic E-state index is 0.486. The number of benzene rings is 1. The number of anilines is 1. The molecule has 3 rings (SSSR count). The van der Waals surface area contributed by atoms with Gasteiger partial charge in [-0.05, 0) is 56.5 Å². The molecule has 0 saturated carbocycles. The number of nitrogens with two attached hydrogens (primary N) is 1. The standard InChI is InChI=1S/C15H21N3S/c1-10-5-7-18(8-6-10)11(2)12-3-4-13-14(9-12)19-15(16)17-13/h3-4,9-11H,5-8H2,1-2H3,(H2,16,17). The zero-order chi connectivity index (χ0) is 13.4. The summed E-state index contributed by atoms with van der Waals surface area (Å²) in [6.45, 7) is 7.09. The van der Waals surface area contributed by atoms with E-state index in [0.29, 0.717) is 11.2 Å². The molecule has 1 aromatic heterocycles. The van der Waals surface area contributed by atoms with Crippen LogP contribution in [0.2, 0.25) is 0 Å². The van der Waals surface area contributed by atoms with Crippen LogP contribution >= 0.6 is 11.3 Å². The molecule has 1 unspecified atom stereocenters. The molecule has 0 aliphatic carbocycles. The van der Waals surface area contributed by atoms with E-state index in [1.807, 2.05) is 0 Å². The molecule has 3 nitrogen and oxygen atoms in total. The zero-order valence-corrected chi connectivity index (χ0v) is 12.4. The van der Waals surface area contributed by atoms with Crippen molar-refractivity contribution in [3.05, 3.63) is 23.8 Å². The Balaban J connectivity index is 1.82. The van der Waals surface area contributed by atoms with E-state index in [1.54, 1.807) is 11.3 Å². The smallest absolute Gasteiger partial charge is 0.181 e. The van der Waals surface area contributed by atoms with E-state index < -0.39 is 0 Å². The first kappa shape index (κ1) is 12.9. The SMILES string of the molecule is CC1CCN(C(C)c2ccc3nc(N)sc3c2)CC1. The summed E-state index contributed by atoms with van der Waals surface area (Å²) in [5.41, 5.74) is 8.17. The van der Waals surface area contributed by atoms with Crippen molar-refractivity contribution in [2.45, 2.75) is 32.7 Å². The first-order chi connectivity index (χ1) is 9.13. The van der Waals surface area contributed by atoms with E-state index in [0.717, 1.165) is 11.4 Å². The lowest BCUT2D eigenvalue weighted by molar-refractivity contribution is 0.147. The van der Waals surface area contributed by atoms with Crippen LogP contribution in [0, 0.1) is 5.92 Å². The van der Waals surface area contributed by atoms with E-state index in [4.69, 9.17) is 5.73 Å². The highest BCUT2D eigenvalue weighted by Gasteiger charge is 2.21. The van der Waals surface area contributed by atoms with Crippen molar-refractivity contribution < 1.29 is 0 Å². The average Bonchev–Trinajstić information content (AvgIpc) is 2.77. The lowest BCUT2D eigenvalue weighted by Gasteiger charge is -2.35. The fourth-order valence-electron chi connectivity index (χ4n) is 2.85. The van der Waals surface area contributed by atoms with Crippen LogP contribution in [0.3, 0.4) is 0 Å². The van der Waals surface area contributed by atoms with E-state index in [1.165, 1.54) is 36.2 Å². The van der Waals surface area contributed by atoms with Crippen molar-refractivity contribution in [3.8, 4) is 0 Å². The predicted molar refractivity (Wildman–Crippen MR) is 82.4 cm³/mol. The first-order valence-corrected chi connectivity index (χ1v) is 7.85. The molecule has 0 bridgehead atoms. The number of nitrogen functional groups attached to an aromatic ring is 1. The third kappa shape index (κ3) is 2.60. The molecule has 2 N–H and O–H groups in total. The van der Waals surface area contributed by atoms with Gasteiger partial charge in [-0.3, -0.25) is 4.90 Å². The van der Waals surface area contributed by atoms with Crippen LogP contribution in [0.1, 0.15) is 38.3 Å². The monoisotopic (exact) mass is 275 g/mol. The topological polar surface area (TPSA) is 42.2 Å². The van der Waals surface area contributed by atoms with Gasteiger partial charge in [-0.25, -0.2) is 4.98 Å². The van der Waals surface area contributed by atoms with Crippen LogP contribution in [-0.2, 0) is 0 Å². The number of nitrogens with zero attached hydrogens (tertiary/aromatic N) is 2. The number of aromatic nitrogens is 1. The van der Waals surface area contributed by atoms with Gasteiger partial charge < -0.3 is 5.73 Å². The minimum Gasteiger partial charge on any atom is -0.375 e. The third-order valence-corrected chi connectivity index (χ3v) is 5.12. The summed E-state index contributed by atoms with van der Waals surface area (Å²) in [6, 6.07) is 7.04. The van der Waals surface area contributed by atoms with Crippen LogP contribution in [0.15, 0.2) is 18.2 Å². The quantitative estimate of drug-likeness (QED) is 0.909. The summed E-state index contributed by atoms with van der Waals surface area (Å²) in [7, 11) is 0. The largest absolute Gasteiger partial charge is 0.375 e. The van der Waals surface area contributed by atoms with Crippen LogP contribution in [0.4, 0.5) is 5.13 Å². The molecule has 1 aliphatic heterocycles. The lowest BCUT2D eigenvalue weighted by Crippen LogP contribution is -2.34. The molecule has 0 spiro atoms. The number of hydrogen-bond acceptors (Lipinski definition) is 4. The fourth-order valence-corrected chi connectivity index (χ4v) is 3.63. The van der Waals surface area contributed by atoms with Crippen LogP contribution in [-0.4, -0.2) is 23.0 Å². The van der Waals surface area contributed by atoms with Gasteiger partial charge in [0, 0.05) is 6.04 Å². The molecule has 19 heavy (non-hydrogen) atoms. The Bertz CT molecular complexity index is 570. The summed E-state index contributed by atoms with van der Waals surface area (Å²) in [5, 5.41) is 0.659. The molecule has 0 radical (unpaired) electrons. The number of rotatable bonds is 2. The summed E-state index contributed by atoms with van der Waals surface area (Å²) < 4.78 is 1.20. The van der Waals surface area contributed by atoms with Crippen molar-refractivity contribution in [3.63, 3.8) is 0 Å². The van der Waals surface area contributed by atoms with Crippen LogP contribution in [0.5, 0.6) is 0 Å². The molecule has 1 aromatic carbocycles. The van der Waals surface area contributed by atoms with E-state index >= 15 is 0 Å². The second-order valence-electron chi connectivity index (χ2n) is 5.67. The van der Waals surface area contributed by atoms with Gasteiger partial charge in [0.15, 0.2) is 5.13 Å². The number of piperidine rings is 1. The van der Waals surface area contributed by atoms with Gasteiger partial charge in [-0.2, -0.15) is 0 Å². The van der Waals surface area contributed by atoms with Crippen molar-refractivity contribution in [2.75, 3.05) is 18.8 Å².